The third-order valence-corrected chi connectivity index (χ3v) is 4.73. The molecule has 0 saturated carbocycles. The van der Waals surface area contributed by atoms with Gasteiger partial charge in [0.25, 0.3) is 0 Å². The summed E-state index contributed by atoms with van der Waals surface area (Å²) in [6.45, 7) is 4.76. The molecule has 0 unspecified atom stereocenters. The van der Waals surface area contributed by atoms with E-state index in [4.69, 9.17) is 23.8 Å². The van der Waals surface area contributed by atoms with Crippen LogP contribution in [-0.4, -0.2) is 15.9 Å². The van der Waals surface area contributed by atoms with Crippen LogP contribution in [-0.2, 0) is 6.54 Å². The van der Waals surface area contributed by atoms with Gasteiger partial charge in [0.2, 0.25) is 0 Å². The quantitative estimate of drug-likeness (QED) is 0.357. The Hall–Kier alpha value is -2.63. The largest absolute Gasteiger partial charge is 0.342 e. The van der Waals surface area contributed by atoms with Gasteiger partial charge in [-0.25, -0.2) is 0 Å². The number of halogens is 1. The Kier molecular flexibility index (Phi) is 6.27. The van der Waals surface area contributed by atoms with Crippen LogP contribution in [0.3, 0.4) is 0 Å². The predicted molar refractivity (Wildman–Crippen MR) is 118 cm³/mol. The Morgan fingerprint density at radius 2 is 1.96 bits per heavy atom. The molecule has 3 rings (SSSR count). The highest BCUT2D eigenvalue weighted by Gasteiger charge is 2.04. The summed E-state index contributed by atoms with van der Waals surface area (Å²) >= 11 is 11.6. The molecule has 0 amide bonds. The monoisotopic (exact) mass is 396 g/mol. The lowest BCUT2D eigenvalue weighted by atomic mass is 10.1. The normalized spacial score (nSPS) is 10.9. The van der Waals surface area contributed by atoms with Gasteiger partial charge >= 0.3 is 0 Å². The van der Waals surface area contributed by atoms with Crippen molar-refractivity contribution in [2.24, 2.45) is 5.10 Å². The second kappa shape index (κ2) is 8.84. The topological polar surface area (TPSA) is 41.4 Å². The van der Waals surface area contributed by atoms with Gasteiger partial charge in [-0.3, -0.25) is 5.43 Å². The van der Waals surface area contributed by atoms with Crippen molar-refractivity contribution in [3.05, 3.63) is 88.2 Å². The number of aromatic nitrogens is 1. The summed E-state index contributed by atoms with van der Waals surface area (Å²) in [4.78, 5) is 0. The minimum absolute atomic E-state index is 0.448. The summed E-state index contributed by atoms with van der Waals surface area (Å²) in [6.07, 6.45) is 3.74. The van der Waals surface area contributed by atoms with Crippen molar-refractivity contribution in [1.82, 2.24) is 9.99 Å². The molecule has 0 aliphatic carbocycles. The van der Waals surface area contributed by atoms with Crippen LogP contribution < -0.4 is 10.7 Å². The number of nitrogens with zero attached hydrogens (tertiary/aromatic N) is 2. The number of aryl methyl sites for hydroxylation is 2. The molecular weight excluding hydrogens is 376 g/mol. The van der Waals surface area contributed by atoms with E-state index in [1.807, 2.05) is 56.4 Å². The van der Waals surface area contributed by atoms with Crippen molar-refractivity contribution in [2.45, 2.75) is 20.4 Å². The lowest BCUT2D eigenvalue weighted by Gasteiger charge is -2.11. The smallest absolute Gasteiger partial charge is 0.191 e. The van der Waals surface area contributed by atoms with Crippen molar-refractivity contribution in [1.29, 1.82) is 0 Å². The zero-order chi connectivity index (χ0) is 19.2. The molecule has 0 spiro atoms. The van der Waals surface area contributed by atoms with E-state index in [0.717, 1.165) is 27.5 Å². The standard InChI is InChI=1S/C21H21ClN4S/c1-15-9-10-16(2)20(12-15)24-21(27)25-23-13-18-7-5-11-26(18)14-17-6-3-4-8-19(17)22/h3-13H,14H2,1-2H3,(H2,24,25,27)/b23-13-. The number of hydrazone groups is 1. The summed E-state index contributed by atoms with van der Waals surface area (Å²) in [5.41, 5.74) is 8.16. The van der Waals surface area contributed by atoms with Crippen molar-refractivity contribution in [2.75, 3.05) is 5.32 Å². The third kappa shape index (κ3) is 5.18. The first-order chi connectivity index (χ1) is 13.0. The van der Waals surface area contributed by atoms with Gasteiger partial charge < -0.3 is 9.88 Å². The molecule has 0 fully saturated rings. The summed E-state index contributed by atoms with van der Waals surface area (Å²) in [5.74, 6) is 0. The maximum Gasteiger partial charge on any atom is 0.191 e. The molecule has 1 heterocycles. The fourth-order valence-electron chi connectivity index (χ4n) is 2.68. The summed E-state index contributed by atoms with van der Waals surface area (Å²) in [7, 11) is 0. The van der Waals surface area contributed by atoms with E-state index >= 15 is 0 Å². The fourth-order valence-corrected chi connectivity index (χ4v) is 3.03. The average Bonchev–Trinajstić information content (AvgIpc) is 3.07. The van der Waals surface area contributed by atoms with Gasteiger partial charge in [0, 0.05) is 23.5 Å². The van der Waals surface area contributed by atoms with Crippen LogP contribution in [0.5, 0.6) is 0 Å². The molecule has 3 aromatic rings. The Morgan fingerprint density at radius 1 is 1.15 bits per heavy atom. The molecule has 0 radical (unpaired) electrons. The van der Waals surface area contributed by atoms with Crippen LogP contribution in [0.25, 0.3) is 0 Å². The SMILES string of the molecule is Cc1ccc(C)c(NC(=S)N/N=C\c2cccn2Cc2ccccc2Cl)c1. The molecule has 0 aliphatic heterocycles. The number of hydrogen-bond acceptors (Lipinski definition) is 2. The number of hydrogen-bond donors (Lipinski definition) is 2. The lowest BCUT2D eigenvalue weighted by molar-refractivity contribution is 0.799. The van der Waals surface area contributed by atoms with Gasteiger partial charge in [-0.2, -0.15) is 5.10 Å². The second-order valence-corrected chi connectivity index (χ2v) is 7.11. The van der Waals surface area contributed by atoms with Gasteiger partial charge in [-0.15, -0.1) is 0 Å². The van der Waals surface area contributed by atoms with Crippen LogP contribution in [0, 0.1) is 13.8 Å². The Morgan fingerprint density at radius 3 is 2.78 bits per heavy atom. The molecule has 0 aliphatic rings. The zero-order valence-corrected chi connectivity index (χ0v) is 16.8. The van der Waals surface area contributed by atoms with E-state index in [1.54, 1.807) is 6.21 Å². The molecule has 0 bridgehead atoms. The van der Waals surface area contributed by atoms with Crippen LogP contribution in [0.4, 0.5) is 5.69 Å². The minimum atomic E-state index is 0.448. The Balaban J connectivity index is 1.62. The van der Waals surface area contributed by atoms with Crippen LogP contribution in [0.2, 0.25) is 5.02 Å². The minimum Gasteiger partial charge on any atom is -0.342 e. The predicted octanol–water partition coefficient (Wildman–Crippen LogP) is 5.13. The maximum atomic E-state index is 6.26. The first-order valence-electron chi connectivity index (χ1n) is 8.59. The van der Waals surface area contributed by atoms with Gasteiger partial charge in [-0.1, -0.05) is 41.9 Å². The molecule has 2 N–H and O–H groups in total. The molecule has 4 nitrogen and oxygen atoms in total. The Bertz CT molecular complexity index is 978. The van der Waals surface area contributed by atoms with Crippen molar-refractivity contribution in [3.63, 3.8) is 0 Å². The molecule has 138 valence electrons. The van der Waals surface area contributed by atoms with E-state index in [9.17, 15) is 0 Å². The molecule has 2 aromatic carbocycles. The summed E-state index contributed by atoms with van der Waals surface area (Å²) in [5, 5.41) is 8.63. The Labute approximate surface area is 169 Å². The van der Waals surface area contributed by atoms with Gasteiger partial charge in [0.1, 0.15) is 0 Å². The maximum absolute atomic E-state index is 6.26. The van der Waals surface area contributed by atoms with Gasteiger partial charge in [0.15, 0.2) is 5.11 Å². The van der Waals surface area contributed by atoms with Crippen LogP contribution in [0.15, 0.2) is 65.9 Å². The lowest BCUT2D eigenvalue weighted by Crippen LogP contribution is -2.24. The van der Waals surface area contributed by atoms with E-state index in [2.05, 4.69) is 38.6 Å². The highest BCUT2D eigenvalue weighted by atomic mass is 35.5. The number of benzene rings is 2. The molecule has 0 saturated heterocycles. The number of rotatable bonds is 5. The van der Waals surface area contributed by atoms with Crippen LogP contribution >= 0.6 is 23.8 Å². The zero-order valence-electron chi connectivity index (χ0n) is 15.2. The molecule has 1 aromatic heterocycles. The van der Waals surface area contributed by atoms with Crippen molar-refractivity contribution in [3.8, 4) is 0 Å². The second-order valence-electron chi connectivity index (χ2n) is 6.29. The average molecular weight is 397 g/mol. The van der Waals surface area contributed by atoms with E-state index in [0.29, 0.717) is 11.7 Å². The molecule has 27 heavy (non-hydrogen) atoms. The van der Waals surface area contributed by atoms with E-state index in [-0.39, 0.29) is 0 Å². The van der Waals surface area contributed by atoms with Gasteiger partial charge in [0.05, 0.1) is 11.9 Å². The number of anilines is 1. The molecule has 6 heteroatoms. The molecule has 0 atom stereocenters. The first kappa shape index (κ1) is 19.1. The van der Waals surface area contributed by atoms with Gasteiger partial charge in [-0.05, 0) is 67.0 Å². The first-order valence-corrected chi connectivity index (χ1v) is 9.37. The van der Waals surface area contributed by atoms with E-state index < -0.39 is 0 Å². The third-order valence-electron chi connectivity index (χ3n) is 4.17. The van der Waals surface area contributed by atoms with E-state index in [1.165, 1.54) is 5.56 Å². The summed E-state index contributed by atoms with van der Waals surface area (Å²) in [6, 6.07) is 18.0. The number of nitrogens with one attached hydrogen (secondary N) is 2. The van der Waals surface area contributed by atoms with Crippen molar-refractivity contribution >= 4 is 40.8 Å². The summed E-state index contributed by atoms with van der Waals surface area (Å²) < 4.78 is 2.08. The highest BCUT2D eigenvalue weighted by Crippen LogP contribution is 2.17. The highest BCUT2D eigenvalue weighted by molar-refractivity contribution is 7.80. The molecular formula is C21H21ClN4S. The van der Waals surface area contributed by atoms with Crippen LogP contribution in [0.1, 0.15) is 22.4 Å². The number of thiocarbonyl (C=S) groups is 1. The fraction of sp³-hybridized carbons (Fsp3) is 0.143. The van der Waals surface area contributed by atoms with Crippen molar-refractivity contribution < 1.29 is 0 Å².